The van der Waals surface area contributed by atoms with Crippen molar-refractivity contribution in [1.29, 1.82) is 0 Å². The number of thiophene rings is 1. The van der Waals surface area contributed by atoms with Gasteiger partial charge in [-0.2, -0.15) is 0 Å². The van der Waals surface area contributed by atoms with E-state index >= 15 is 0 Å². The molecule has 10 heteroatoms. The lowest BCUT2D eigenvalue weighted by molar-refractivity contribution is 0.0923. The van der Waals surface area contributed by atoms with Crippen LogP contribution in [0.5, 0.6) is 0 Å². The third kappa shape index (κ3) is 4.47. The normalized spacial score (nSPS) is 18.4. The summed E-state index contributed by atoms with van der Waals surface area (Å²) in [6, 6.07) is 9.64. The topological polar surface area (TPSA) is 88.9 Å². The summed E-state index contributed by atoms with van der Waals surface area (Å²) in [5, 5.41) is 8.69. The second-order valence-electron chi connectivity index (χ2n) is 8.02. The van der Waals surface area contributed by atoms with Crippen LogP contribution >= 0.6 is 38.6 Å². The van der Waals surface area contributed by atoms with Crippen molar-refractivity contribution in [2.45, 2.75) is 37.8 Å². The summed E-state index contributed by atoms with van der Waals surface area (Å²) in [6.07, 6.45) is 5.56. The van der Waals surface area contributed by atoms with E-state index in [9.17, 15) is 9.59 Å². The third-order valence-electron chi connectivity index (χ3n) is 5.95. The fourth-order valence-electron chi connectivity index (χ4n) is 4.46. The Morgan fingerprint density at radius 3 is 2.79 bits per heavy atom. The summed E-state index contributed by atoms with van der Waals surface area (Å²) in [7, 11) is 1.62. The monoisotopic (exact) mass is 543 g/mol. The number of imidazole rings is 1. The lowest BCUT2D eigenvalue weighted by atomic mass is 9.90. The lowest BCUT2D eigenvalue weighted by Gasteiger charge is -2.31. The summed E-state index contributed by atoms with van der Waals surface area (Å²) < 4.78 is 3.20. The molecule has 1 aliphatic rings. The third-order valence-corrected chi connectivity index (χ3v) is 8.34. The predicted octanol–water partition coefficient (Wildman–Crippen LogP) is 5.26. The van der Waals surface area contributed by atoms with Crippen molar-refractivity contribution < 1.29 is 9.59 Å². The van der Waals surface area contributed by atoms with E-state index < -0.39 is 0 Å². The maximum atomic E-state index is 12.7. The van der Waals surface area contributed by atoms with Crippen molar-refractivity contribution in [3.05, 3.63) is 56.1 Å². The van der Waals surface area contributed by atoms with Gasteiger partial charge >= 0.3 is 0 Å². The highest BCUT2D eigenvalue weighted by molar-refractivity contribution is 9.11. The van der Waals surface area contributed by atoms with Crippen LogP contribution in [0, 0.1) is 0 Å². The number of rotatable bonds is 5. The van der Waals surface area contributed by atoms with Crippen LogP contribution < -0.4 is 10.6 Å². The van der Waals surface area contributed by atoms with Gasteiger partial charge in [0, 0.05) is 36.3 Å². The number of nitrogens with one attached hydrogen (secondary N) is 2. The van der Waals surface area contributed by atoms with Gasteiger partial charge in [0.1, 0.15) is 0 Å². The molecule has 1 fully saturated rings. The van der Waals surface area contributed by atoms with E-state index in [1.54, 1.807) is 24.6 Å². The van der Waals surface area contributed by atoms with Crippen molar-refractivity contribution in [2.75, 3.05) is 7.05 Å². The summed E-state index contributed by atoms with van der Waals surface area (Å²) in [5.41, 5.74) is 2.33. The minimum atomic E-state index is -0.136. The lowest BCUT2D eigenvalue weighted by Crippen LogP contribution is -2.38. The second-order valence-corrected chi connectivity index (χ2v) is 11.4. The predicted molar refractivity (Wildman–Crippen MR) is 135 cm³/mol. The summed E-state index contributed by atoms with van der Waals surface area (Å²) in [5.74, 6) is 0.651. The van der Waals surface area contributed by atoms with Crippen molar-refractivity contribution >= 4 is 61.5 Å². The quantitative estimate of drug-likeness (QED) is 0.359. The van der Waals surface area contributed by atoms with Crippen molar-refractivity contribution in [2.24, 2.45) is 0 Å². The summed E-state index contributed by atoms with van der Waals surface area (Å²) in [6.45, 7) is 0. The van der Waals surface area contributed by atoms with E-state index in [1.165, 1.54) is 11.3 Å². The first-order valence-corrected chi connectivity index (χ1v) is 13.2. The van der Waals surface area contributed by atoms with Crippen LogP contribution in [-0.2, 0) is 0 Å². The first-order chi connectivity index (χ1) is 16.0. The van der Waals surface area contributed by atoms with Gasteiger partial charge in [0.2, 0.25) is 0 Å². The Labute approximate surface area is 207 Å². The van der Waals surface area contributed by atoms with Gasteiger partial charge in [-0.05, 0) is 71.9 Å². The Morgan fingerprint density at radius 2 is 2.06 bits per heavy atom. The molecule has 0 radical (unpaired) electrons. The molecule has 3 aromatic heterocycles. The first-order valence-electron chi connectivity index (χ1n) is 10.7. The van der Waals surface area contributed by atoms with Gasteiger partial charge in [-0.1, -0.05) is 0 Å². The molecule has 3 heterocycles. The van der Waals surface area contributed by atoms with E-state index in [1.807, 2.05) is 35.7 Å². The molecule has 2 atom stereocenters. The molecule has 1 aliphatic carbocycles. The number of fused-ring (bicyclic) bond motifs is 1. The number of carbonyl (C=O) groups is 2. The fourth-order valence-corrected chi connectivity index (χ4v) is 6.37. The zero-order valence-corrected chi connectivity index (χ0v) is 21.1. The second kappa shape index (κ2) is 9.36. The van der Waals surface area contributed by atoms with Crippen LogP contribution in [0.3, 0.4) is 0 Å². The highest BCUT2D eigenvalue weighted by Gasteiger charge is 2.29. The number of nitrogens with zero attached hydrogens (tertiary/aromatic N) is 3. The van der Waals surface area contributed by atoms with Gasteiger partial charge in [-0.3, -0.25) is 9.59 Å². The van der Waals surface area contributed by atoms with Crippen LogP contribution in [-0.4, -0.2) is 39.4 Å². The zero-order valence-electron chi connectivity index (χ0n) is 17.9. The van der Waals surface area contributed by atoms with Crippen molar-refractivity contribution in [3.8, 4) is 10.8 Å². The molecule has 0 bridgehead atoms. The molecule has 1 aromatic carbocycles. The molecule has 33 heavy (non-hydrogen) atoms. The fraction of sp³-hybridized carbons (Fsp3) is 0.304. The maximum absolute atomic E-state index is 12.7. The van der Waals surface area contributed by atoms with Crippen molar-refractivity contribution in [1.82, 2.24) is 25.2 Å². The van der Waals surface area contributed by atoms with Gasteiger partial charge < -0.3 is 15.2 Å². The largest absolute Gasteiger partial charge is 0.355 e. The standard InChI is InChI=1S/C23H22BrN5O2S2/c1-25-21(30)13-5-6-17-16(11-13)28-20(23-26-9-10-32-23)29(17)15-4-2-3-14(12-15)27-22(31)18-7-8-19(24)33-18/h5-11,14-15H,2-4,12H2,1H3,(H,25,30)(H,27,31)/t14-,15+/m0/s1. The molecule has 0 unspecified atom stereocenters. The van der Waals surface area contributed by atoms with E-state index in [0.717, 1.165) is 51.3 Å². The molecule has 170 valence electrons. The number of amides is 2. The molecule has 0 aliphatic heterocycles. The van der Waals surface area contributed by atoms with Crippen molar-refractivity contribution in [3.63, 3.8) is 0 Å². The number of carbonyl (C=O) groups excluding carboxylic acids is 2. The summed E-state index contributed by atoms with van der Waals surface area (Å²) >= 11 is 6.42. The smallest absolute Gasteiger partial charge is 0.261 e. The van der Waals surface area contributed by atoms with Gasteiger partial charge in [-0.25, -0.2) is 9.97 Å². The highest BCUT2D eigenvalue weighted by Crippen LogP contribution is 2.37. The molecular weight excluding hydrogens is 522 g/mol. The molecule has 5 rings (SSSR count). The Kier molecular flexibility index (Phi) is 6.31. The summed E-state index contributed by atoms with van der Waals surface area (Å²) in [4.78, 5) is 35.0. The van der Waals surface area contributed by atoms with Crippen LogP contribution in [0.25, 0.3) is 21.9 Å². The number of thiazole rings is 1. The maximum Gasteiger partial charge on any atom is 0.261 e. The highest BCUT2D eigenvalue weighted by atomic mass is 79.9. The molecule has 1 saturated carbocycles. The number of hydrogen-bond donors (Lipinski definition) is 2. The molecule has 2 amide bonds. The Bertz CT molecular complexity index is 1310. The Hall–Kier alpha value is -2.56. The van der Waals surface area contributed by atoms with Gasteiger partial charge in [0.25, 0.3) is 11.8 Å². The minimum absolute atomic E-state index is 0.0257. The molecule has 0 saturated heterocycles. The van der Waals surface area contributed by atoms with E-state index in [0.29, 0.717) is 10.4 Å². The number of benzene rings is 1. The molecule has 4 aromatic rings. The molecule has 7 nitrogen and oxygen atoms in total. The Morgan fingerprint density at radius 1 is 1.18 bits per heavy atom. The number of halogens is 1. The SMILES string of the molecule is CNC(=O)c1ccc2c(c1)nc(-c1nccs1)n2[C@@H]1CCC[C@H](NC(=O)c2ccc(Br)s2)C1. The van der Waals surface area contributed by atoms with Gasteiger partial charge in [0.15, 0.2) is 10.8 Å². The first kappa shape index (κ1) is 22.2. The van der Waals surface area contributed by atoms with Gasteiger partial charge in [0.05, 0.1) is 19.7 Å². The number of hydrogen-bond acceptors (Lipinski definition) is 6. The molecule has 0 spiro atoms. The van der Waals surface area contributed by atoms with Crippen LogP contribution in [0.15, 0.2) is 45.7 Å². The zero-order chi connectivity index (χ0) is 22.9. The van der Waals surface area contributed by atoms with Crippen LogP contribution in [0.2, 0.25) is 0 Å². The molecule has 2 N–H and O–H groups in total. The van der Waals surface area contributed by atoms with Crippen LogP contribution in [0.4, 0.5) is 0 Å². The van der Waals surface area contributed by atoms with Gasteiger partial charge in [-0.15, -0.1) is 22.7 Å². The number of aromatic nitrogens is 3. The average Bonchev–Trinajstić information content (AvgIpc) is 3.57. The van der Waals surface area contributed by atoms with Crippen LogP contribution in [0.1, 0.15) is 51.8 Å². The van der Waals surface area contributed by atoms with E-state index in [2.05, 4.69) is 36.1 Å². The minimum Gasteiger partial charge on any atom is -0.355 e. The van der Waals surface area contributed by atoms with E-state index in [4.69, 9.17) is 4.98 Å². The Balaban J connectivity index is 1.47. The molecular formula is C23H22BrN5O2S2. The average molecular weight is 545 g/mol. The van der Waals surface area contributed by atoms with E-state index in [-0.39, 0.29) is 23.9 Å².